The first-order valence-electron chi connectivity index (χ1n) is 7.92. The Bertz CT molecular complexity index is 718. The number of hydrogen-bond donors (Lipinski definition) is 2. The Balaban J connectivity index is 0.00000225. The zero-order chi connectivity index (χ0) is 16.9. The van der Waals surface area contributed by atoms with Crippen LogP contribution in [0.15, 0.2) is 28.7 Å². The van der Waals surface area contributed by atoms with Crippen molar-refractivity contribution in [2.45, 2.75) is 18.8 Å². The Morgan fingerprint density at radius 1 is 1.40 bits per heavy atom. The molecule has 1 aromatic heterocycles. The maximum absolute atomic E-state index is 12.1. The van der Waals surface area contributed by atoms with Gasteiger partial charge in [0.15, 0.2) is 12.4 Å². The molecular weight excluding hydrogens is 410 g/mol. The molecule has 0 aliphatic carbocycles. The summed E-state index contributed by atoms with van der Waals surface area (Å²) in [5.74, 6) is 1.95. The summed E-state index contributed by atoms with van der Waals surface area (Å²) < 4.78 is 7.92. The molecule has 0 unspecified atom stereocenters. The molecule has 1 amide bonds. The third-order valence-electron chi connectivity index (χ3n) is 3.93. The summed E-state index contributed by atoms with van der Waals surface area (Å²) in [6.45, 7) is 1.87. The van der Waals surface area contributed by atoms with E-state index in [1.54, 1.807) is 17.8 Å². The van der Waals surface area contributed by atoms with Gasteiger partial charge in [0, 0.05) is 13.0 Å². The third kappa shape index (κ3) is 5.17. The Labute approximate surface area is 161 Å². The molecule has 1 aliphatic rings. The summed E-state index contributed by atoms with van der Waals surface area (Å²) in [4.78, 5) is 16.6. The van der Waals surface area contributed by atoms with Gasteiger partial charge in [-0.2, -0.15) is 10.1 Å². The van der Waals surface area contributed by atoms with Crippen molar-refractivity contribution in [2.24, 2.45) is 7.05 Å². The number of carbonyl (C=O) groups excluding carboxylic acids is 1. The summed E-state index contributed by atoms with van der Waals surface area (Å²) >= 11 is 3.38. The van der Waals surface area contributed by atoms with Crippen molar-refractivity contribution in [3.8, 4) is 5.75 Å². The van der Waals surface area contributed by atoms with Crippen molar-refractivity contribution < 1.29 is 9.53 Å². The van der Waals surface area contributed by atoms with Crippen LogP contribution in [0.4, 0.5) is 5.95 Å². The number of nitrogens with one attached hydrogen (secondary N) is 2. The number of ether oxygens (including phenoxy) is 1. The van der Waals surface area contributed by atoms with E-state index in [1.165, 1.54) is 0 Å². The summed E-state index contributed by atoms with van der Waals surface area (Å²) in [6, 6.07) is 7.40. The zero-order valence-electron chi connectivity index (χ0n) is 13.9. The van der Waals surface area contributed by atoms with E-state index in [2.05, 4.69) is 36.6 Å². The second-order valence-corrected chi connectivity index (χ2v) is 6.56. The SMILES string of the molecule is Cl.Cn1nc(C2CCNCC2)nc1NC(=O)COc1ccccc1Br. The normalized spacial score (nSPS) is 14.6. The largest absolute Gasteiger partial charge is 0.483 e. The second-order valence-electron chi connectivity index (χ2n) is 5.71. The number of anilines is 1. The van der Waals surface area contributed by atoms with Gasteiger partial charge in [-0.3, -0.25) is 10.1 Å². The number of rotatable bonds is 5. The molecule has 1 aliphatic heterocycles. The van der Waals surface area contributed by atoms with Crippen molar-refractivity contribution in [2.75, 3.05) is 25.0 Å². The summed E-state index contributed by atoms with van der Waals surface area (Å²) in [5, 5.41) is 10.5. The van der Waals surface area contributed by atoms with Gasteiger partial charge in [0.25, 0.3) is 5.91 Å². The number of amides is 1. The standard InChI is InChI=1S/C16H20BrN5O2.ClH/c1-22-16(20-15(21-22)11-6-8-18-9-7-11)19-14(23)10-24-13-5-3-2-4-12(13)17;/h2-5,11,18H,6-10H2,1H3,(H,19,20,21,23);1H. The van der Waals surface area contributed by atoms with Crippen LogP contribution >= 0.6 is 28.3 Å². The van der Waals surface area contributed by atoms with Gasteiger partial charge >= 0.3 is 0 Å². The molecule has 136 valence electrons. The average molecular weight is 431 g/mol. The van der Waals surface area contributed by atoms with Crippen molar-refractivity contribution in [3.05, 3.63) is 34.6 Å². The maximum Gasteiger partial charge on any atom is 0.264 e. The van der Waals surface area contributed by atoms with Crippen LogP contribution in [0.5, 0.6) is 5.75 Å². The predicted octanol–water partition coefficient (Wildman–Crippen LogP) is 2.48. The van der Waals surface area contributed by atoms with Crippen molar-refractivity contribution in [1.29, 1.82) is 0 Å². The highest BCUT2D eigenvalue weighted by Gasteiger charge is 2.21. The van der Waals surface area contributed by atoms with Gasteiger partial charge in [-0.1, -0.05) is 12.1 Å². The number of aryl methyl sites for hydroxylation is 1. The molecule has 1 fully saturated rings. The minimum Gasteiger partial charge on any atom is -0.483 e. The molecule has 0 atom stereocenters. The van der Waals surface area contributed by atoms with Gasteiger partial charge in [-0.25, -0.2) is 4.68 Å². The molecule has 1 aromatic carbocycles. The number of benzene rings is 1. The van der Waals surface area contributed by atoms with E-state index in [-0.39, 0.29) is 24.9 Å². The molecule has 2 aromatic rings. The Hall–Kier alpha value is -1.64. The molecule has 2 N–H and O–H groups in total. The van der Waals surface area contributed by atoms with E-state index >= 15 is 0 Å². The molecule has 7 nitrogen and oxygen atoms in total. The molecule has 0 radical (unpaired) electrons. The van der Waals surface area contributed by atoms with Crippen LogP contribution in [0.2, 0.25) is 0 Å². The molecular formula is C16H21BrClN5O2. The number of piperidine rings is 1. The molecule has 9 heteroatoms. The molecule has 0 saturated carbocycles. The summed E-state index contributed by atoms with van der Waals surface area (Å²) in [7, 11) is 1.78. The molecule has 0 bridgehead atoms. The van der Waals surface area contributed by atoms with Gasteiger partial charge in [-0.15, -0.1) is 12.4 Å². The number of hydrogen-bond acceptors (Lipinski definition) is 5. The van der Waals surface area contributed by atoms with Crippen LogP contribution in [0.25, 0.3) is 0 Å². The maximum atomic E-state index is 12.1. The van der Waals surface area contributed by atoms with Crippen LogP contribution < -0.4 is 15.4 Å². The van der Waals surface area contributed by atoms with Crippen LogP contribution in [0.1, 0.15) is 24.6 Å². The first-order chi connectivity index (χ1) is 11.6. The lowest BCUT2D eigenvalue weighted by atomic mass is 9.98. The van der Waals surface area contributed by atoms with Crippen LogP contribution in [0, 0.1) is 0 Å². The second kappa shape index (κ2) is 9.17. The van der Waals surface area contributed by atoms with Gasteiger partial charge in [-0.05, 0) is 54.0 Å². The highest BCUT2D eigenvalue weighted by Crippen LogP contribution is 2.24. The number of nitrogens with zero attached hydrogens (tertiary/aromatic N) is 3. The van der Waals surface area contributed by atoms with Gasteiger partial charge in [0.2, 0.25) is 5.95 Å². The molecule has 25 heavy (non-hydrogen) atoms. The highest BCUT2D eigenvalue weighted by molar-refractivity contribution is 9.10. The van der Waals surface area contributed by atoms with Crippen molar-refractivity contribution in [3.63, 3.8) is 0 Å². The average Bonchev–Trinajstić information content (AvgIpc) is 2.96. The lowest BCUT2D eigenvalue weighted by Crippen LogP contribution is -2.27. The predicted molar refractivity (Wildman–Crippen MR) is 101 cm³/mol. The first-order valence-corrected chi connectivity index (χ1v) is 8.71. The van der Waals surface area contributed by atoms with E-state index in [9.17, 15) is 4.79 Å². The van der Waals surface area contributed by atoms with E-state index < -0.39 is 0 Å². The zero-order valence-corrected chi connectivity index (χ0v) is 16.3. The third-order valence-corrected chi connectivity index (χ3v) is 4.59. The molecule has 1 saturated heterocycles. The van der Waals surface area contributed by atoms with Gasteiger partial charge in [0.1, 0.15) is 5.75 Å². The highest BCUT2D eigenvalue weighted by atomic mass is 79.9. The first kappa shape index (κ1) is 19.7. The molecule has 0 spiro atoms. The Morgan fingerprint density at radius 3 is 2.84 bits per heavy atom. The fourth-order valence-corrected chi connectivity index (χ4v) is 3.03. The van der Waals surface area contributed by atoms with Crippen LogP contribution in [-0.4, -0.2) is 40.4 Å². The topological polar surface area (TPSA) is 81.1 Å². The fraction of sp³-hybridized carbons (Fsp3) is 0.438. The van der Waals surface area contributed by atoms with E-state index in [0.29, 0.717) is 17.6 Å². The summed E-state index contributed by atoms with van der Waals surface area (Å²) in [6.07, 6.45) is 2.03. The number of aromatic nitrogens is 3. The number of carbonyl (C=O) groups is 1. The van der Waals surface area contributed by atoms with Crippen LogP contribution in [-0.2, 0) is 11.8 Å². The Morgan fingerprint density at radius 2 is 2.12 bits per heavy atom. The van der Waals surface area contributed by atoms with E-state index in [4.69, 9.17) is 4.74 Å². The minimum atomic E-state index is -0.266. The van der Waals surface area contributed by atoms with Gasteiger partial charge < -0.3 is 10.1 Å². The number of para-hydroxylation sites is 1. The monoisotopic (exact) mass is 429 g/mol. The quantitative estimate of drug-likeness (QED) is 0.762. The van der Waals surface area contributed by atoms with Gasteiger partial charge in [0.05, 0.1) is 4.47 Å². The lowest BCUT2D eigenvalue weighted by Gasteiger charge is -2.19. The molecule has 2 heterocycles. The summed E-state index contributed by atoms with van der Waals surface area (Å²) in [5.41, 5.74) is 0. The lowest BCUT2D eigenvalue weighted by molar-refractivity contribution is -0.118. The smallest absolute Gasteiger partial charge is 0.264 e. The van der Waals surface area contributed by atoms with E-state index in [0.717, 1.165) is 36.2 Å². The van der Waals surface area contributed by atoms with Crippen molar-refractivity contribution >= 4 is 40.2 Å². The Kier molecular flexibility index (Phi) is 7.22. The van der Waals surface area contributed by atoms with E-state index in [1.807, 2.05) is 18.2 Å². The minimum absolute atomic E-state index is 0. The van der Waals surface area contributed by atoms with Crippen molar-refractivity contribution in [1.82, 2.24) is 20.1 Å². The molecule has 3 rings (SSSR count). The van der Waals surface area contributed by atoms with Crippen LogP contribution in [0.3, 0.4) is 0 Å². The number of halogens is 2. The fourth-order valence-electron chi connectivity index (χ4n) is 2.63.